The third kappa shape index (κ3) is 2.59. The zero-order valence-electron chi connectivity index (χ0n) is 11.6. The number of benzene rings is 1. The normalized spacial score (nSPS) is 10.3. The molecule has 6 nitrogen and oxygen atoms in total. The van der Waals surface area contributed by atoms with Crippen LogP contribution in [0.3, 0.4) is 0 Å². The van der Waals surface area contributed by atoms with Crippen LogP contribution >= 0.6 is 0 Å². The van der Waals surface area contributed by atoms with Gasteiger partial charge in [-0.05, 0) is 18.6 Å². The van der Waals surface area contributed by atoms with E-state index in [1.54, 1.807) is 0 Å². The highest BCUT2D eigenvalue weighted by molar-refractivity contribution is 5.99. The number of rotatable bonds is 5. The van der Waals surface area contributed by atoms with Gasteiger partial charge in [-0.1, -0.05) is 25.1 Å². The molecule has 0 radical (unpaired) electrons. The topological polar surface area (TPSA) is 82.2 Å². The van der Waals surface area contributed by atoms with Crippen LogP contribution in [0.25, 0.3) is 5.69 Å². The van der Waals surface area contributed by atoms with E-state index in [0.717, 1.165) is 12.1 Å². The number of nitrogens with zero attached hydrogens (tertiary/aromatic N) is 2. The fourth-order valence-corrected chi connectivity index (χ4v) is 1.87. The molecule has 1 aromatic carbocycles. The van der Waals surface area contributed by atoms with Gasteiger partial charge in [-0.3, -0.25) is 0 Å². The predicted molar refractivity (Wildman–Crippen MR) is 78.1 cm³/mol. The van der Waals surface area contributed by atoms with Crippen molar-refractivity contribution in [3.63, 3.8) is 0 Å². The number of nitrogen functional groups attached to an aromatic ring is 1. The molecule has 20 heavy (non-hydrogen) atoms. The molecule has 6 heteroatoms. The standard InChI is InChI=1S/C14H18N4O2/c1-3-9-16-13-11(14(19)20-2)12(15)18(17-13)10-7-5-4-6-8-10/h4-8H,3,9,15H2,1-2H3,(H,16,17). The van der Waals surface area contributed by atoms with E-state index in [1.807, 2.05) is 37.3 Å². The molecule has 0 unspecified atom stereocenters. The van der Waals surface area contributed by atoms with E-state index in [1.165, 1.54) is 11.8 Å². The molecular weight excluding hydrogens is 256 g/mol. The van der Waals surface area contributed by atoms with E-state index in [4.69, 9.17) is 10.5 Å². The van der Waals surface area contributed by atoms with Crippen LogP contribution in [0.15, 0.2) is 30.3 Å². The number of methoxy groups -OCH3 is 1. The first-order valence-electron chi connectivity index (χ1n) is 6.45. The van der Waals surface area contributed by atoms with Crippen molar-refractivity contribution in [1.82, 2.24) is 9.78 Å². The minimum absolute atomic E-state index is 0.265. The van der Waals surface area contributed by atoms with Gasteiger partial charge in [0.25, 0.3) is 0 Å². The smallest absolute Gasteiger partial charge is 0.345 e. The highest BCUT2D eigenvalue weighted by Gasteiger charge is 2.23. The lowest BCUT2D eigenvalue weighted by Crippen LogP contribution is -2.09. The van der Waals surface area contributed by atoms with Gasteiger partial charge in [-0.25, -0.2) is 9.48 Å². The molecule has 2 rings (SSSR count). The Hall–Kier alpha value is -2.50. The van der Waals surface area contributed by atoms with Crippen LogP contribution in [-0.4, -0.2) is 29.4 Å². The molecule has 1 aromatic heterocycles. The molecule has 106 valence electrons. The van der Waals surface area contributed by atoms with Crippen molar-refractivity contribution in [2.24, 2.45) is 0 Å². The second kappa shape index (κ2) is 6.10. The minimum Gasteiger partial charge on any atom is -0.465 e. The van der Waals surface area contributed by atoms with Crippen LogP contribution < -0.4 is 11.1 Å². The molecule has 0 fully saturated rings. The van der Waals surface area contributed by atoms with Gasteiger partial charge in [0.2, 0.25) is 0 Å². The van der Waals surface area contributed by atoms with Crippen LogP contribution in [0, 0.1) is 0 Å². The Kier molecular flexibility index (Phi) is 4.24. The molecule has 0 atom stereocenters. The van der Waals surface area contributed by atoms with Crippen molar-refractivity contribution in [2.75, 3.05) is 24.7 Å². The van der Waals surface area contributed by atoms with Crippen LogP contribution in [0.1, 0.15) is 23.7 Å². The molecule has 0 aliphatic carbocycles. The zero-order chi connectivity index (χ0) is 14.5. The monoisotopic (exact) mass is 274 g/mol. The first kappa shape index (κ1) is 13.9. The Balaban J connectivity index is 2.49. The quantitative estimate of drug-likeness (QED) is 0.815. The van der Waals surface area contributed by atoms with Gasteiger partial charge in [0, 0.05) is 6.54 Å². The van der Waals surface area contributed by atoms with E-state index >= 15 is 0 Å². The van der Waals surface area contributed by atoms with Crippen molar-refractivity contribution in [2.45, 2.75) is 13.3 Å². The summed E-state index contributed by atoms with van der Waals surface area (Å²) in [6, 6.07) is 9.41. The Labute approximate surface area is 117 Å². The number of carbonyl (C=O) groups is 1. The number of hydrogen-bond donors (Lipinski definition) is 2. The van der Waals surface area contributed by atoms with Crippen LogP contribution in [0.2, 0.25) is 0 Å². The summed E-state index contributed by atoms with van der Waals surface area (Å²) in [4.78, 5) is 11.9. The molecule has 0 aliphatic rings. The van der Waals surface area contributed by atoms with Gasteiger partial charge in [-0.15, -0.1) is 5.10 Å². The maximum atomic E-state index is 11.9. The third-order valence-corrected chi connectivity index (χ3v) is 2.85. The molecule has 1 heterocycles. The largest absolute Gasteiger partial charge is 0.465 e. The number of nitrogens with two attached hydrogens (primary N) is 1. The summed E-state index contributed by atoms with van der Waals surface area (Å²) in [6.45, 7) is 2.73. The molecule has 0 bridgehead atoms. The maximum Gasteiger partial charge on any atom is 0.345 e. The van der Waals surface area contributed by atoms with Crippen molar-refractivity contribution in [3.05, 3.63) is 35.9 Å². The van der Waals surface area contributed by atoms with Crippen LogP contribution in [0.4, 0.5) is 11.6 Å². The van der Waals surface area contributed by atoms with E-state index in [2.05, 4.69) is 10.4 Å². The summed E-state index contributed by atoms with van der Waals surface area (Å²) >= 11 is 0. The lowest BCUT2D eigenvalue weighted by molar-refractivity contribution is 0.0603. The van der Waals surface area contributed by atoms with E-state index in [9.17, 15) is 4.79 Å². The Morgan fingerprint density at radius 2 is 2.10 bits per heavy atom. The summed E-state index contributed by atoms with van der Waals surface area (Å²) in [7, 11) is 1.32. The summed E-state index contributed by atoms with van der Waals surface area (Å²) < 4.78 is 6.31. The van der Waals surface area contributed by atoms with E-state index in [-0.39, 0.29) is 11.4 Å². The average molecular weight is 274 g/mol. The second-order valence-corrected chi connectivity index (χ2v) is 4.27. The second-order valence-electron chi connectivity index (χ2n) is 4.27. The van der Waals surface area contributed by atoms with Crippen molar-refractivity contribution in [1.29, 1.82) is 0 Å². The van der Waals surface area contributed by atoms with Gasteiger partial charge in [-0.2, -0.15) is 0 Å². The molecule has 0 aliphatic heterocycles. The fourth-order valence-electron chi connectivity index (χ4n) is 1.87. The molecule has 0 saturated carbocycles. The van der Waals surface area contributed by atoms with Crippen molar-refractivity contribution >= 4 is 17.6 Å². The Bertz CT molecular complexity index is 593. The molecule has 3 N–H and O–H groups in total. The Morgan fingerprint density at radius 1 is 1.40 bits per heavy atom. The van der Waals surface area contributed by atoms with Crippen molar-refractivity contribution < 1.29 is 9.53 Å². The van der Waals surface area contributed by atoms with E-state index < -0.39 is 5.97 Å². The predicted octanol–water partition coefficient (Wildman–Crippen LogP) is 2.06. The fraction of sp³-hybridized carbons (Fsp3) is 0.286. The summed E-state index contributed by atoms with van der Waals surface area (Å²) in [5.41, 5.74) is 7.10. The molecule has 2 aromatic rings. The third-order valence-electron chi connectivity index (χ3n) is 2.85. The van der Waals surface area contributed by atoms with Crippen molar-refractivity contribution in [3.8, 4) is 5.69 Å². The molecular formula is C14H18N4O2. The highest BCUT2D eigenvalue weighted by atomic mass is 16.5. The number of ether oxygens (including phenoxy) is 1. The summed E-state index contributed by atoms with van der Waals surface area (Å²) in [5.74, 6) is 0.213. The number of carbonyl (C=O) groups excluding carboxylic acids is 1. The van der Waals surface area contributed by atoms with Gasteiger partial charge in [0.1, 0.15) is 11.4 Å². The zero-order valence-corrected chi connectivity index (χ0v) is 11.6. The number of esters is 1. The van der Waals surface area contributed by atoms with E-state index in [0.29, 0.717) is 12.4 Å². The number of para-hydroxylation sites is 1. The van der Waals surface area contributed by atoms with Crippen LogP contribution in [0.5, 0.6) is 0 Å². The number of aromatic nitrogens is 2. The van der Waals surface area contributed by atoms with Gasteiger partial charge < -0.3 is 15.8 Å². The van der Waals surface area contributed by atoms with Gasteiger partial charge in [0.15, 0.2) is 5.82 Å². The number of hydrogen-bond acceptors (Lipinski definition) is 5. The first-order chi connectivity index (χ1) is 9.69. The highest BCUT2D eigenvalue weighted by Crippen LogP contribution is 2.25. The summed E-state index contributed by atoms with van der Waals surface area (Å²) in [5, 5.41) is 7.46. The lowest BCUT2D eigenvalue weighted by Gasteiger charge is -2.03. The summed E-state index contributed by atoms with van der Waals surface area (Å²) in [6.07, 6.45) is 0.915. The van der Waals surface area contributed by atoms with Crippen LogP contribution in [-0.2, 0) is 4.74 Å². The SMILES string of the molecule is CCCNc1nn(-c2ccccc2)c(N)c1C(=O)OC. The molecule has 0 spiro atoms. The lowest BCUT2D eigenvalue weighted by atomic mass is 10.3. The van der Waals surface area contributed by atoms with Gasteiger partial charge in [0.05, 0.1) is 12.8 Å². The average Bonchev–Trinajstić information content (AvgIpc) is 2.82. The molecule has 0 saturated heterocycles. The van der Waals surface area contributed by atoms with Gasteiger partial charge >= 0.3 is 5.97 Å². The molecule has 0 amide bonds. The maximum absolute atomic E-state index is 11.9. The number of nitrogens with one attached hydrogen (secondary N) is 1. The first-order valence-corrected chi connectivity index (χ1v) is 6.45. The minimum atomic E-state index is -0.497. The number of anilines is 2. The Morgan fingerprint density at radius 3 is 2.70 bits per heavy atom.